The highest BCUT2D eigenvalue weighted by Gasteiger charge is 2.50. The van der Waals surface area contributed by atoms with Gasteiger partial charge in [0.25, 0.3) is 11.8 Å². The van der Waals surface area contributed by atoms with Crippen LogP contribution >= 0.6 is 0 Å². The molecule has 0 aliphatic heterocycles. The Morgan fingerprint density at radius 3 is 1.20 bits per heavy atom. The maximum Gasteiger partial charge on any atom is 0.287 e. The van der Waals surface area contributed by atoms with Crippen molar-refractivity contribution in [2.45, 2.75) is 57.5 Å². The molecule has 22 rings (SSSR count). The van der Waals surface area contributed by atoms with Gasteiger partial charge < -0.3 is 22.1 Å². The molecule has 664 valence electrons. The number of amides is 4. The van der Waals surface area contributed by atoms with Gasteiger partial charge in [0, 0.05) is 146 Å². The number of carbonyl (C=O) groups is 4. The second-order valence-electron chi connectivity index (χ2n) is 33.7. The summed E-state index contributed by atoms with van der Waals surface area (Å²) in [4.78, 5) is 90.7. The van der Waals surface area contributed by atoms with Gasteiger partial charge in [-0.2, -0.15) is 0 Å². The van der Waals surface area contributed by atoms with Crippen molar-refractivity contribution in [2.75, 3.05) is 0 Å². The average molecular weight is 1800 g/mol. The highest BCUT2D eigenvalue weighted by Crippen LogP contribution is 2.46. The summed E-state index contributed by atoms with van der Waals surface area (Å²) in [7, 11) is -3.76. The number of primary amides is 2. The molecule has 4 unspecified atom stereocenters. The number of aromatic nitrogens is 13. The molecule has 8 N–H and O–H groups in total. The predicted molar refractivity (Wildman–Crippen MR) is 504 cm³/mol. The number of nitrogens with zero attached hydrogens (tertiary/aromatic N) is 13. The van der Waals surface area contributed by atoms with Crippen LogP contribution in [0.3, 0.4) is 0 Å². The molecule has 134 heavy (non-hydrogen) atoms. The molecular weight excluding hydrogens is 1720 g/mol. The minimum absolute atomic E-state index is 0.0513. The van der Waals surface area contributed by atoms with E-state index in [0.717, 1.165) is 142 Å². The lowest BCUT2D eigenvalue weighted by molar-refractivity contribution is -0.123. The fourth-order valence-electron chi connectivity index (χ4n) is 18.6. The minimum Gasteiger partial charge on any atom is -0.369 e. The van der Waals surface area contributed by atoms with Gasteiger partial charge in [-0.25, -0.2) is 51.1 Å². The number of nitrogens with two attached hydrogens (primary N) is 3. The van der Waals surface area contributed by atoms with Crippen molar-refractivity contribution in [1.29, 1.82) is 0 Å². The van der Waals surface area contributed by atoms with Gasteiger partial charge in [-0.1, -0.05) is 72.8 Å². The number of allylic oxidation sites excluding steroid dienone is 2. The number of pyridine rings is 9. The molecule has 4 bridgehead atoms. The molecule has 0 spiro atoms. The summed E-state index contributed by atoms with van der Waals surface area (Å²) < 4.78 is 85.8. The van der Waals surface area contributed by atoms with Crippen LogP contribution in [-0.2, 0) is 19.6 Å². The van der Waals surface area contributed by atoms with E-state index >= 15 is 0 Å². The second kappa shape index (κ2) is 36.2. The summed E-state index contributed by atoms with van der Waals surface area (Å²) in [5, 5.41) is 11.2. The first-order chi connectivity index (χ1) is 64.8. The SMILES string of the molecule is Cc1cc(-c2ncccc2-c2ccc3cnc(-c4ccncc4)n3c2)ccc1F.Cc1cc(-c2ncccc2-c2ccc3cnc(C(=O)N[C@@H]4C5C=CC(C5)[C@@H]4C(N)=O)n3c2)ccc1F.Cc1cc(-c2ncccc2-c2ccc3ncc(-c4ccc(S(N)(=O)=O)cc4)n3c2)ccc1F.Cc1cc(-c2ncccc2-c2ccn3c(C(=O)N[C@@H]4C5C=CC(C5)[C@@H]4C(N)=O)ncc3c2)ccc1F. The van der Waals surface area contributed by atoms with Crippen molar-refractivity contribution in [3.8, 4) is 112 Å². The van der Waals surface area contributed by atoms with Crippen molar-refractivity contribution < 1.29 is 45.2 Å². The lowest BCUT2D eigenvalue weighted by Gasteiger charge is -2.26. The van der Waals surface area contributed by atoms with E-state index in [1.54, 1.807) is 153 Å². The lowest BCUT2D eigenvalue weighted by Crippen LogP contribution is -2.48. The first-order valence-electron chi connectivity index (χ1n) is 43.2. The molecule has 13 aromatic heterocycles. The van der Waals surface area contributed by atoms with Gasteiger partial charge in [0.1, 0.15) is 34.7 Å². The Kier molecular flexibility index (Phi) is 23.5. The molecule has 29 heteroatoms. The molecule has 8 atom stereocenters. The Balaban J connectivity index is 0.000000115. The maximum atomic E-state index is 13.9. The fraction of sp³-hybridized carbons (Fsp3) is 0.133. The number of benzene rings is 5. The van der Waals surface area contributed by atoms with E-state index in [2.05, 4.69) is 84.3 Å². The van der Waals surface area contributed by atoms with Crippen LogP contribution in [0, 0.1) is 86.5 Å². The molecule has 4 aliphatic carbocycles. The smallest absolute Gasteiger partial charge is 0.287 e. The van der Waals surface area contributed by atoms with Gasteiger partial charge in [0.15, 0.2) is 0 Å². The first kappa shape index (κ1) is 87.0. The third-order valence-electron chi connectivity index (χ3n) is 25.3. The normalized spacial score (nSPS) is 17.3. The van der Waals surface area contributed by atoms with Crippen molar-refractivity contribution in [2.24, 2.45) is 52.1 Å². The molecule has 4 aliphatic rings. The molecule has 0 saturated heterocycles. The number of fused-ring (bicyclic) bond motifs is 8. The molecule has 2 saturated carbocycles. The fourth-order valence-corrected chi connectivity index (χ4v) is 19.1. The van der Waals surface area contributed by atoms with Crippen LogP contribution in [0.25, 0.3) is 134 Å². The van der Waals surface area contributed by atoms with E-state index in [0.29, 0.717) is 27.9 Å². The van der Waals surface area contributed by atoms with Crippen LogP contribution in [0.2, 0.25) is 0 Å². The van der Waals surface area contributed by atoms with E-state index in [4.69, 9.17) is 16.6 Å². The lowest BCUT2D eigenvalue weighted by atomic mass is 9.88. The molecule has 4 amide bonds. The Morgan fingerprint density at radius 2 is 0.754 bits per heavy atom. The van der Waals surface area contributed by atoms with Crippen LogP contribution in [0.1, 0.15) is 56.3 Å². The molecule has 13 heterocycles. The molecule has 2 fully saturated rings. The Bertz CT molecular complexity index is 7890. The number of primary sulfonamides is 1. The average Bonchev–Trinajstić information content (AvgIpc) is 1.61. The molecule has 0 radical (unpaired) electrons. The van der Waals surface area contributed by atoms with Gasteiger partial charge in [-0.3, -0.25) is 61.7 Å². The van der Waals surface area contributed by atoms with Gasteiger partial charge in [-0.15, -0.1) is 0 Å². The number of nitrogens with one attached hydrogen (secondary N) is 2. The van der Waals surface area contributed by atoms with E-state index in [1.807, 2.05) is 144 Å². The van der Waals surface area contributed by atoms with Crippen LogP contribution < -0.4 is 27.2 Å². The van der Waals surface area contributed by atoms with Gasteiger partial charge in [0.2, 0.25) is 33.5 Å². The number of sulfonamides is 1. The predicted octanol–water partition coefficient (Wildman–Crippen LogP) is 18.2. The Morgan fingerprint density at radius 1 is 0.366 bits per heavy atom. The summed E-state index contributed by atoms with van der Waals surface area (Å²) >= 11 is 0. The molecule has 5 aromatic carbocycles. The van der Waals surface area contributed by atoms with E-state index in [9.17, 15) is 45.2 Å². The number of halogens is 4. The summed E-state index contributed by atoms with van der Waals surface area (Å²) in [5.41, 5.74) is 33.0. The van der Waals surface area contributed by atoms with Crippen LogP contribution in [0.5, 0.6) is 0 Å². The number of imidazole rings is 4. The monoisotopic (exact) mass is 1800 g/mol. The van der Waals surface area contributed by atoms with Crippen molar-refractivity contribution >= 4 is 55.8 Å². The summed E-state index contributed by atoms with van der Waals surface area (Å²) in [5.74, 6) is -1.63. The van der Waals surface area contributed by atoms with E-state index in [-0.39, 0.29) is 87.4 Å². The highest BCUT2D eigenvalue weighted by atomic mass is 32.2. The largest absolute Gasteiger partial charge is 0.369 e. The third kappa shape index (κ3) is 17.1. The topological polar surface area (TPSA) is 338 Å². The van der Waals surface area contributed by atoms with Crippen LogP contribution in [0.15, 0.2) is 322 Å². The summed E-state index contributed by atoms with van der Waals surface area (Å²) in [6.07, 6.45) is 34.7. The van der Waals surface area contributed by atoms with Crippen molar-refractivity contribution in [3.63, 3.8) is 0 Å². The molecular formula is C105H84F4N18O6S. The molecule has 18 aromatic rings. The minimum atomic E-state index is -3.76. The number of hydrogen-bond donors (Lipinski definition) is 5. The third-order valence-corrected chi connectivity index (χ3v) is 26.2. The van der Waals surface area contributed by atoms with Crippen LogP contribution in [0.4, 0.5) is 17.6 Å². The number of rotatable bonds is 17. The number of carbonyl (C=O) groups excluding carboxylic acids is 4. The summed E-state index contributed by atoms with van der Waals surface area (Å²) in [6.45, 7) is 6.94. The van der Waals surface area contributed by atoms with Crippen molar-refractivity contribution in [1.82, 2.24) is 73.1 Å². The molecule has 24 nitrogen and oxygen atoms in total. The Hall–Kier alpha value is -16.4. The van der Waals surface area contributed by atoms with E-state index < -0.39 is 33.7 Å². The van der Waals surface area contributed by atoms with Gasteiger partial charge in [-0.05, 0) is 250 Å². The van der Waals surface area contributed by atoms with Crippen molar-refractivity contribution in [3.05, 3.63) is 374 Å². The van der Waals surface area contributed by atoms with Gasteiger partial charge in [0.05, 0.1) is 86.5 Å². The zero-order valence-electron chi connectivity index (χ0n) is 72.5. The first-order valence-corrected chi connectivity index (χ1v) is 44.7. The standard InChI is InChI=1S/2C28H24FN5O2.C25H19FN4O2S.C24H17FN4/c1-15-11-17(7-9-22(15)29)24-21(3-2-10-31-24)19-6-8-20-13-32-27(34(20)14-19)28(36)33-25-18-5-4-16(12-18)23(25)26(30)35;1-15-11-18(6-7-22(15)29)24-21(3-2-9-31-24)16-8-10-34-20(13-16)14-32-27(34)28(36)33-25-19-5-4-17(12-19)23(25)26(30)35;1-16-13-18(6-10-22(16)26)25-21(3-2-12-28-25)19-7-11-24-29-14-23(30(24)15-19)17-4-8-20(9-5-17)33(27,31)32;1-16-13-18(5-7-22(16)25)23-21(3-2-10-27-23)19-4-6-20-14-28-24(29(20)15-19)17-8-11-26-12-9-17/h2-11,13-14,16,18,23,25H,12H2,1H3,(H2,30,35)(H,33,36);2-11,13-14,17,19,23,25H,12H2,1H3,(H2,30,35)(H,33,36);2-15H,1H3,(H2,27,31,32);2-15H,1H3/t16?,18?,23-,25+;17?,19?,23-,25+;;/m00../s1. The second-order valence-corrected chi connectivity index (χ2v) is 35.2. The zero-order chi connectivity index (χ0) is 92.9. The maximum absolute atomic E-state index is 13.9. The Labute approximate surface area is 765 Å². The summed E-state index contributed by atoms with van der Waals surface area (Å²) in [6, 6.07) is 60.5. The number of hydrogen-bond acceptors (Lipinski definition) is 15. The quantitative estimate of drug-likeness (QED) is 0.0418. The van der Waals surface area contributed by atoms with E-state index in [1.165, 1.54) is 36.4 Å². The van der Waals surface area contributed by atoms with Crippen LogP contribution in [-0.4, -0.2) is 107 Å². The zero-order valence-corrected chi connectivity index (χ0v) is 73.3. The number of aryl methyl sites for hydroxylation is 4. The van der Waals surface area contributed by atoms with Gasteiger partial charge >= 0.3 is 0 Å². The highest BCUT2D eigenvalue weighted by molar-refractivity contribution is 7.89.